The van der Waals surface area contributed by atoms with E-state index in [4.69, 9.17) is 9.84 Å². The Morgan fingerprint density at radius 2 is 2.00 bits per heavy atom. The molecule has 8 heteroatoms. The maximum atomic E-state index is 12.8. The molecular weight excluding hydrogens is 307 g/mol. The molecule has 2 rings (SSSR count). The van der Waals surface area contributed by atoms with Gasteiger partial charge in [-0.05, 0) is 31.3 Å². The van der Waals surface area contributed by atoms with Gasteiger partial charge in [-0.1, -0.05) is 0 Å². The van der Waals surface area contributed by atoms with Gasteiger partial charge in [0.05, 0.1) is 18.7 Å². The lowest BCUT2D eigenvalue weighted by atomic mass is 10.2. The second-order valence-electron chi connectivity index (χ2n) is 5.48. The second kappa shape index (κ2) is 7.38. The van der Waals surface area contributed by atoms with Crippen LogP contribution < -0.4 is 4.74 Å². The molecule has 2 atom stereocenters. The maximum Gasteiger partial charge on any atom is 0.317 e. The third-order valence-corrected chi connectivity index (χ3v) is 3.74. The van der Waals surface area contributed by atoms with E-state index in [1.54, 1.807) is 7.05 Å². The average Bonchev–Trinajstić information content (AvgIpc) is 2.88. The number of carboxylic acids is 1. The van der Waals surface area contributed by atoms with Crippen LogP contribution in [0, 0.1) is 5.82 Å². The zero-order valence-corrected chi connectivity index (χ0v) is 12.7. The first-order valence-electron chi connectivity index (χ1n) is 7.13. The quantitative estimate of drug-likeness (QED) is 0.752. The Balaban J connectivity index is 1.86. The number of likely N-dealkylation sites (N-methyl/N-ethyl adjacent to an activating group) is 1. The van der Waals surface area contributed by atoms with Crippen LogP contribution in [0.3, 0.4) is 0 Å². The molecule has 0 spiro atoms. The summed E-state index contributed by atoms with van der Waals surface area (Å²) in [6, 6.07) is 4.88. The van der Waals surface area contributed by atoms with Crippen LogP contribution in [-0.4, -0.2) is 77.3 Å². The number of amides is 1. The molecule has 1 aromatic carbocycles. The van der Waals surface area contributed by atoms with Crippen molar-refractivity contribution in [2.45, 2.75) is 12.1 Å². The summed E-state index contributed by atoms with van der Waals surface area (Å²) < 4.78 is 18.1. The minimum atomic E-state index is -0.996. The van der Waals surface area contributed by atoms with Crippen LogP contribution in [0.25, 0.3) is 0 Å². The number of likely N-dealkylation sites (tertiary alicyclic amines) is 1. The van der Waals surface area contributed by atoms with Crippen LogP contribution in [0.4, 0.5) is 4.39 Å². The fourth-order valence-electron chi connectivity index (χ4n) is 2.50. The number of hydrogen-bond donors (Lipinski definition) is 2. The maximum absolute atomic E-state index is 12.8. The van der Waals surface area contributed by atoms with E-state index in [-0.39, 0.29) is 32.1 Å². The number of nitrogens with zero attached hydrogens (tertiary/aromatic N) is 2. The summed E-state index contributed by atoms with van der Waals surface area (Å²) in [4.78, 5) is 25.8. The van der Waals surface area contributed by atoms with Gasteiger partial charge in [-0.3, -0.25) is 14.5 Å². The molecule has 1 amide bonds. The fraction of sp³-hybridized carbons (Fsp3) is 0.467. The molecular formula is C15H19FN2O5. The highest BCUT2D eigenvalue weighted by Crippen LogP contribution is 2.16. The topological polar surface area (TPSA) is 90.3 Å². The molecule has 2 N–H and O–H groups in total. The molecule has 1 aliphatic heterocycles. The first-order valence-corrected chi connectivity index (χ1v) is 7.13. The number of β-amino-alcohol motifs (C(OH)–C–C–N with tert-alkyl or cyclic N) is 1. The van der Waals surface area contributed by atoms with E-state index in [9.17, 15) is 19.1 Å². The summed E-state index contributed by atoms with van der Waals surface area (Å²) in [7, 11) is 1.59. The van der Waals surface area contributed by atoms with Crippen molar-refractivity contribution in [3.63, 3.8) is 0 Å². The standard InChI is InChI=1S/C15H19FN2O5/c1-17(8-15(21)22)12-6-18(7-13(12)19)14(20)9-23-11-4-2-10(16)3-5-11/h2-5,12-13,19H,6-9H2,1H3,(H,21,22)/t12-,13-/m1/s1. The molecule has 1 heterocycles. The highest BCUT2D eigenvalue weighted by atomic mass is 19.1. The third-order valence-electron chi connectivity index (χ3n) is 3.74. The predicted octanol–water partition coefficient (Wildman–Crippen LogP) is -0.207. The normalized spacial score (nSPS) is 20.8. The van der Waals surface area contributed by atoms with Crippen molar-refractivity contribution in [2.24, 2.45) is 0 Å². The van der Waals surface area contributed by atoms with E-state index >= 15 is 0 Å². The molecule has 7 nitrogen and oxygen atoms in total. The largest absolute Gasteiger partial charge is 0.484 e. The molecule has 0 aliphatic carbocycles. The summed E-state index contributed by atoms with van der Waals surface area (Å²) in [6.07, 6.45) is -0.811. The van der Waals surface area contributed by atoms with Gasteiger partial charge in [-0.2, -0.15) is 0 Å². The van der Waals surface area contributed by atoms with Crippen molar-refractivity contribution < 1.29 is 28.9 Å². The van der Waals surface area contributed by atoms with Crippen molar-refractivity contribution in [3.05, 3.63) is 30.1 Å². The number of carboxylic acid groups (broad SMARTS) is 1. The van der Waals surface area contributed by atoms with Crippen LogP contribution in [0.1, 0.15) is 0 Å². The minimum absolute atomic E-state index is 0.125. The molecule has 0 aromatic heterocycles. The number of rotatable bonds is 6. The first kappa shape index (κ1) is 17.2. The summed E-state index contributed by atoms with van der Waals surface area (Å²) >= 11 is 0. The third kappa shape index (κ3) is 4.64. The van der Waals surface area contributed by atoms with Gasteiger partial charge in [-0.25, -0.2) is 4.39 Å². The van der Waals surface area contributed by atoms with Crippen LogP contribution in [0.15, 0.2) is 24.3 Å². The number of aliphatic hydroxyl groups excluding tert-OH is 1. The Morgan fingerprint density at radius 3 is 2.61 bits per heavy atom. The molecule has 0 bridgehead atoms. The molecule has 0 radical (unpaired) electrons. The highest BCUT2D eigenvalue weighted by molar-refractivity contribution is 5.78. The van der Waals surface area contributed by atoms with Crippen LogP contribution in [-0.2, 0) is 9.59 Å². The van der Waals surface area contributed by atoms with Gasteiger partial charge in [0.15, 0.2) is 6.61 Å². The lowest BCUT2D eigenvalue weighted by molar-refractivity contribution is -0.138. The van der Waals surface area contributed by atoms with E-state index in [0.29, 0.717) is 5.75 Å². The van der Waals surface area contributed by atoms with Gasteiger partial charge in [0, 0.05) is 13.1 Å². The summed E-state index contributed by atoms with van der Waals surface area (Å²) in [5, 5.41) is 18.8. The summed E-state index contributed by atoms with van der Waals surface area (Å²) in [5.74, 6) is -1.33. The number of carbonyl (C=O) groups excluding carboxylic acids is 1. The van der Waals surface area contributed by atoms with Crippen molar-refractivity contribution in [2.75, 3.05) is 33.3 Å². The Morgan fingerprint density at radius 1 is 1.35 bits per heavy atom. The molecule has 0 unspecified atom stereocenters. The smallest absolute Gasteiger partial charge is 0.317 e. The molecule has 1 saturated heterocycles. The Bertz CT molecular complexity index is 565. The van der Waals surface area contributed by atoms with Gasteiger partial charge < -0.3 is 19.8 Å². The summed E-state index contributed by atoms with van der Waals surface area (Å²) in [5.41, 5.74) is 0. The van der Waals surface area contributed by atoms with Crippen LogP contribution >= 0.6 is 0 Å². The SMILES string of the molecule is CN(CC(=O)O)[C@@H]1CN(C(=O)COc2ccc(F)cc2)C[C@H]1O. The monoisotopic (exact) mass is 326 g/mol. The Kier molecular flexibility index (Phi) is 5.51. The molecule has 126 valence electrons. The van der Waals surface area contributed by atoms with Gasteiger partial charge in [0.25, 0.3) is 5.91 Å². The van der Waals surface area contributed by atoms with E-state index in [1.807, 2.05) is 0 Å². The number of hydrogen-bond acceptors (Lipinski definition) is 5. The summed E-state index contributed by atoms with van der Waals surface area (Å²) in [6.45, 7) is -0.0830. The Hall–Kier alpha value is -2.19. The lowest BCUT2D eigenvalue weighted by Gasteiger charge is -2.24. The van der Waals surface area contributed by atoms with Crippen LogP contribution in [0.2, 0.25) is 0 Å². The van der Waals surface area contributed by atoms with Crippen molar-refractivity contribution in [3.8, 4) is 5.75 Å². The van der Waals surface area contributed by atoms with E-state index < -0.39 is 23.9 Å². The van der Waals surface area contributed by atoms with Gasteiger partial charge in [0.2, 0.25) is 0 Å². The van der Waals surface area contributed by atoms with Gasteiger partial charge >= 0.3 is 5.97 Å². The average molecular weight is 326 g/mol. The van der Waals surface area contributed by atoms with E-state index in [1.165, 1.54) is 34.1 Å². The number of benzene rings is 1. The molecule has 1 aromatic rings. The number of halogens is 1. The molecule has 1 fully saturated rings. The number of ether oxygens (including phenoxy) is 1. The first-order chi connectivity index (χ1) is 10.9. The zero-order valence-electron chi connectivity index (χ0n) is 12.7. The lowest BCUT2D eigenvalue weighted by Crippen LogP contribution is -2.43. The molecule has 1 aliphatic rings. The van der Waals surface area contributed by atoms with Crippen molar-refractivity contribution in [1.82, 2.24) is 9.80 Å². The van der Waals surface area contributed by atoms with Crippen molar-refractivity contribution in [1.29, 1.82) is 0 Å². The van der Waals surface area contributed by atoms with Crippen LogP contribution in [0.5, 0.6) is 5.75 Å². The molecule has 0 saturated carbocycles. The van der Waals surface area contributed by atoms with Gasteiger partial charge in [-0.15, -0.1) is 0 Å². The van der Waals surface area contributed by atoms with Crippen molar-refractivity contribution >= 4 is 11.9 Å². The van der Waals surface area contributed by atoms with Gasteiger partial charge in [0.1, 0.15) is 11.6 Å². The van der Waals surface area contributed by atoms with E-state index in [0.717, 1.165) is 0 Å². The van der Waals surface area contributed by atoms with E-state index in [2.05, 4.69) is 0 Å². The molecule has 23 heavy (non-hydrogen) atoms. The highest BCUT2D eigenvalue weighted by Gasteiger charge is 2.36. The Labute approximate surface area is 132 Å². The fourth-order valence-corrected chi connectivity index (χ4v) is 2.50. The zero-order chi connectivity index (χ0) is 17.0. The number of aliphatic hydroxyl groups is 1. The number of aliphatic carboxylic acids is 1. The predicted molar refractivity (Wildman–Crippen MR) is 78.5 cm³/mol. The second-order valence-corrected chi connectivity index (χ2v) is 5.48. The minimum Gasteiger partial charge on any atom is -0.484 e. The number of carbonyl (C=O) groups is 2.